The molecule has 0 amide bonds. The van der Waals surface area contributed by atoms with Gasteiger partial charge in [0.2, 0.25) is 0 Å². The first-order valence-corrected chi connectivity index (χ1v) is 6.38. The van der Waals surface area contributed by atoms with Crippen molar-refractivity contribution in [3.05, 3.63) is 29.8 Å². The maximum Gasteiger partial charge on any atom is 0.303 e. The molecule has 100 valence electrons. The lowest BCUT2D eigenvalue weighted by atomic mass is 9.87. The molecule has 1 aromatic carbocycles. The molecule has 0 radical (unpaired) electrons. The number of rotatable bonds is 5. The van der Waals surface area contributed by atoms with Crippen LogP contribution >= 0.6 is 0 Å². The molecule has 1 unspecified atom stereocenters. The van der Waals surface area contributed by atoms with Crippen LogP contribution in [0.3, 0.4) is 0 Å². The van der Waals surface area contributed by atoms with E-state index in [0.29, 0.717) is 6.42 Å². The zero-order valence-electron chi connectivity index (χ0n) is 11.7. The third-order valence-electron chi connectivity index (χ3n) is 2.96. The first-order valence-electron chi connectivity index (χ1n) is 6.38. The maximum absolute atomic E-state index is 10.5. The Balaban J connectivity index is 2.56. The Morgan fingerprint density at radius 1 is 1.28 bits per heavy atom. The summed E-state index contributed by atoms with van der Waals surface area (Å²) in [5.74, 6) is -0.744. The van der Waals surface area contributed by atoms with Gasteiger partial charge in [-0.15, -0.1) is 0 Å². The molecule has 18 heavy (non-hydrogen) atoms. The van der Waals surface area contributed by atoms with Crippen LogP contribution in [0.15, 0.2) is 24.3 Å². The zero-order valence-corrected chi connectivity index (χ0v) is 11.7. The van der Waals surface area contributed by atoms with Crippen LogP contribution in [0.2, 0.25) is 0 Å². The van der Waals surface area contributed by atoms with Crippen LogP contribution in [0.5, 0.6) is 0 Å². The Morgan fingerprint density at radius 2 is 1.83 bits per heavy atom. The molecule has 0 aliphatic rings. The summed E-state index contributed by atoms with van der Waals surface area (Å²) in [5, 5.41) is 11.9. The Morgan fingerprint density at radius 3 is 2.28 bits per heavy atom. The monoisotopic (exact) mass is 249 g/mol. The summed E-state index contributed by atoms with van der Waals surface area (Å²) < 4.78 is 0. The van der Waals surface area contributed by atoms with Gasteiger partial charge in [-0.25, -0.2) is 0 Å². The average molecular weight is 249 g/mol. The molecule has 3 heteroatoms. The molecule has 0 bridgehead atoms. The molecule has 0 spiro atoms. The summed E-state index contributed by atoms with van der Waals surface area (Å²) in [6, 6.07) is 8.51. The number of nitrogens with one attached hydrogen (secondary N) is 1. The molecule has 0 aromatic heterocycles. The molecule has 0 aliphatic carbocycles. The van der Waals surface area contributed by atoms with Crippen LogP contribution in [0.25, 0.3) is 0 Å². The van der Waals surface area contributed by atoms with Crippen molar-refractivity contribution in [2.75, 3.05) is 5.32 Å². The van der Waals surface area contributed by atoms with Gasteiger partial charge in [0.1, 0.15) is 0 Å². The topological polar surface area (TPSA) is 49.3 Å². The zero-order chi connectivity index (χ0) is 13.8. The molecule has 1 aromatic rings. The standard InChI is InChI=1S/C15H23NO2/c1-11(5-10-14(17)18)16-13-8-6-12(7-9-13)15(2,3)4/h6-9,11,16H,5,10H2,1-4H3,(H,17,18). The van der Waals surface area contributed by atoms with Gasteiger partial charge in [-0.05, 0) is 36.5 Å². The molecular formula is C15H23NO2. The van der Waals surface area contributed by atoms with Crippen molar-refractivity contribution >= 4 is 11.7 Å². The fraction of sp³-hybridized carbons (Fsp3) is 0.533. The van der Waals surface area contributed by atoms with Crippen molar-refractivity contribution in [1.29, 1.82) is 0 Å². The van der Waals surface area contributed by atoms with Gasteiger partial charge < -0.3 is 10.4 Å². The fourth-order valence-corrected chi connectivity index (χ4v) is 1.76. The number of carboxylic acid groups (broad SMARTS) is 1. The second-order valence-electron chi connectivity index (χ2n) is 5.81. The van der Waals surface area contributed by atoms with E-state index in [1.807, 2.05) is 6.92 Å². The maximum atomic E-state index is 10.5. The lowest BCUT2D eigenvalue weighted by molar-refractivity contribution is -0.137. The number of aliphatic carboxylic acids is 1. The third-order valence-corrected chi connectivity index (χ3v) is 2.96. The molecular weight excluding hydrogens is 226 g/mol. The predicted molar refractivity (Wildman–Crippen MR) is 75.1 cm³/mol. The van der Waals surface area contributed by atoms with Gasteiger partial charge in [0.25, 0.3) is 0 Å². The van der Waals surface area contributed by atoms with Crippen molar-refractivity contribution in [3.63, 3.8) is 0 Å². The highest BCUT2D eigenvalue weighted by Gasteiger charge is 2.13. The van der Waals surface area contributed by atoms with Crippen LogP contribution in [-0.2, 0) is 10.2 Å². The molecule has 0 fully saturated rings. The third kappa shape index (κ3) is 4.78. The second kappa shape index (κ2) is 5.89. The first kappa shape index (κ1) is 14.6. The van der Waals surface area contributed by atoms with Crippen LogP contribution in [0.1, 0.15) is 46.1 Å². The van der Waals surface area contributed by atoms with Gasteiger partial charge in [-0.3, -0.25) is 4.79 Å². The van der Waals surface area contributed by atoms with E-state index in [1.54, 1.807) is 0 Å². The summed E-state index contributed by atoms with van der Waals surface area (Å²) >= 11 is 0. The molecule has 0 heterocycles. The Kier molecular flexibility index (Phi) is 4.76. The fourth-order valence-electron chi connectivity index (χ4n) is 1.76. The van der Waals surface area contributed by atoms with E-state index in [2.05, 4.69) is 50.4 Å². The van der Waals surface area contributed by atoms with Gasteiger partial charge in [0, 0.05) is 18.2 Å². The molecule has 2 N–H and O–H groups in total. The lowest BCUT2D eigenvalue weighted by Crippen LogP contribution is -2.17. The summed E-state index contributed by atoms with van der Waals surface area (Å²) in [6.07, 6.45) is 0.838. The van der Waals surface area contributed by atoms with Gasteiger partial charge in [0.05, 0.1) is 0 Å². The minimum absolute atomic E-state index is 0.160. The van der Waals surface area contributed by atoms with Gasteiger partial charge in [-0.1, -0.05) is 32.9 Å². The van der Waals surface area contributed by atoms with Crippen molar-refractivity contribution in [2.45, 2.75) is 52.0 Å². The minimum atomic E-state index is -0.744. The van der Waals surface area contributed by atoms with E-state index in [1.165, 1.54) is 5.56 Å². The Hall–Kier alpha value is -1.51. The number of carbonyl (C=O) groups is 1. The Labute approximate surface area is 109 Å². The highest BCUT2D eigenvalue weighted by Crippen LogP contribution is 2.23. The Bertz CT molecular complexity index is 390. The normalized spacial score (nSPS) is 13.1. The largest absolute Gasteiger partial charge is 0.481 e. The summed E-state index contributed by atoms with van der Waals surface area (Å²) in [6.45, 7) is 8.56. The molecule has 3 nitrogen and oxygen atoms in total. The second-order valence-corrected chi connectivity index (χ2v) is 5.81. The molecule has 1 atom stereocenters. The van der Waals surface area contributed by atoms with Crippen LogP contribution in [0, 0.1) is 0 Å². The quantitative estimate of drug-likeness (QED) is 0.837. The van der Waals surface area contributed by atoms with Crippen molar-refractivity contribution in [1.82, 2.24) is 0 Å². The van der Waals surface area contributed by atoms with Crippen LogP contribution < -0.4 is 5.32 Å². The van der Waals surface area contributed by atoms with Crippen molar-refractivity contribution < 1.29 is 9.90 Å². The van der Waals surface area contributed by atoms with Crippen LogP contribution in [0.4, 0.5) is 5.69 Å². The van der Waals surface area contributed by atoms with Crippen LogP contribution in [-0.4, -0.2) is 17.1 Å². The summed E-state index contributed by atoms with van der Waals surface area (Å²) in [4.78, 5) is 10.5. The van der Waals surface area contributed by atoms with Crippen molar-refractivity contribution in [2.24, 2.45) is 0 Å². The van der Waals surface area contributed by atoms with Gasteiger partial charge in [-0.2, -0.15) is 0 Å². The van der Waals surface area contributed by atoms with E-state index in [-0.39, 0.29) is 17.9 Å². The predicted octanol–water partition coefficient (Wildman–Crippen LogP) is 3.65. The summed E-state index contributed by atoms with van der Waals surface area (Å²) in [5.41, 5.74) is 2.50. The smallest absolute Gasteiger partial charge is 0.303 e. The molecule has 0 saturated heterocycles. The van der Waals surface area contributed by atoms with Gasteiger partial charge >= 0.3 is 5.97 Å². The van der Waals surface area contributed by atoms with E-state index >= 15 is 0 Å². The first-order chi connectivity index (χ1) is 8.29. The SMILES string of the molecule is CC(CCC(=O)O)Nc1ccc(C(C)(C)C)cc1. The highest BCUT2D eigenvalue weighted by molar-refractivity contribution is 5.66. The molecule has 1 rings (SSSR count). The summed E-state index contributed by atoms with van der Waals surface area (Å²) in [7, 11) is 0. The number of anilines is 1. The van der Waals surface area contributed by atoms with Gasteiger partial charge in [0.15, 0.2) is 0 Å². The number of carboxylic acids is 1. The van der Waals surface area contributed by atoms with E-state index < -0.39 is 5.97 Å². The molecule has 0 saturated carbocycles. The average Bonchev–Trinajstić information content (AvgIpc) is 2.26. The number of hydrogen-bond donors (Lipinski definition) is 2. The van der Waals surface area contributed by atoms with E-state index in [4.69, 9.17) is 5.11 Å². The van der Waals surface area contributed by atoms with E-state index in [0.717, 1.165) is 5.69 Å². The van der Waals surface area contributed by atoms with E-state index in [9.17, 15) is 4.79 Å². The lowest BCUT2D eigenvalue weighted by Gasteiger charge is -2.20. The molecule has 0 aliphatic heterocycles. The van der Waals surface area contributed by atoms with Crippen molar-refractivity contribution in [3.8, 4) is 0 Å². The number of benzene rings is 1. The number of hydrogen-bond acceptors (Lipinski definition) is 2. The minimum Gasteiger partial charge on any atom is -0.481 e. The highest BCUT2D eigenvalue weighted by atomic mass is 16.4.